The predicted molar refractivity (Wildman–Crippen MR) is 70.2 cm³/mol. The van der Waals surface area contributed by atoms with E-state index in [1.807, 2.05) is 0 Å². The molecule has 3 rings (SSSR count). The van der Waals surface area contributed by atoms with Gasteiger partial charge in [0, 0.05) is 0 Å². The van der Waals surface area contributed by atoms with Gasteiger partial charge in [-0.25, -0.2) is 0 Å². The van der Waals surface area contributed by atoms with Crippen LogP contribution in [0.3, 0.4) is 0 Å². The average molecular weight is 204 g/mol. The van der Waals surface area contributed by atoms with Gasteiger partial charge in [-0.2, -0.15) is 0 Å². The van der Waals surface area contributed by atoms with E-state index < -0.39 is 0 Å². The van der Waals surface area contributed by atoms with E-state index >= 15 is 0 Å². The van der Waals surface area contributed by atoms with Gasteiger partial charge in [0.15, 0.2) is 0 Å². The van der Waals surface area contributed by atoms with E-state index in [9.17, 15) is 0 Å². The maximum absolute atomic E-state index is 2.22. The van der Waals surface area contributed by atoms with Crippen LogP contribution in [0.5, 0.6) is 0 Å². The normalized spacial score (nSPS) is 13.6. The monoisotopic (exact) mass is 204 g/mol. The van der Waals surface area contributed by atoms with Crippen LogP contribution in [0.25, 0.3) is 16.8 Å². The molecule has 0 saturated carbocycles. The molecule has 0 fully saturated rings. The lowest BCUT2D eigenvalue weighted by Gasteiger charge is -1.99. The number of allylic oxidation sites excluding steroid dienone is 5. The molecule has 2 aromatic rings. The van der Waals surface area contributed by atoms with Gasteiger partial charge in [-0.1, -0.05) is 60.7 Å². The zero-order valence-corrected chi connectivity index (χ0v) is 8.93. The minimum Gasteiger partial charge on any atom is -0.0617 e. The van der Waals surface area contributed by atoms with Crippen molar-refractivity contribution in [2.45, 2.75) is 0 Å². The number of fused-ring (bicyclic) bond motifs is 1. The molecule has 0 amide bonds. The summed E-state index contributed by atoms with van der Waals surface area (Å²) in [6.45, 7) is 0. The molecule has 0 atom stereocenters. The van der Waals surface area contributed by atoms with E-state index in [1.165, 1.54) is 21.9 Å². The van der Waals surface area contributed by atoms with Gasteiger partial charge < -0.3 is 0 Å². The molecule has 0 bridgehead atoms. The van der Waals surface area contributed by atoms with Crippen molar-refractivity contribution in [3.05, 3.63) is 77.9 Å². The van der Waals surface area contributed by atoms with Crippen molar-refractivity contribution in [2.75, 3.05) is 0 Å². The number of hydrogen-bond donors (Lipinski definition) is 0. The van der Waals surface area contributed by atoms with E-state index in [2.05, 4.69) is 72.8 Å². The molecular formula is C16H12. The first-order valence-electron chi connectivity index (χ1n) is 5.47. The van der Waals surface area contributed by atoms with Gasteiger partial charge in [-0.3, -0.25) is 0 Å². The molecule has 0 aliphatic heterocycles. The molecule has 76 valence electrons. The van der Waals surface area contributed by atoms with Crippen molar-refractivity contribution in [3.63, 3.8) is 0 Å². The maximum atomic E-state index is 2.22. The molecule has 0 nitrogen and oxygen atoms in total. The molecule has 2 aromatic carbocycles. The fraction of sp³-hybridized carbons (Fsp3) is 0. The first-order chi connectivity index (χ1) is 7.92. The minimum absolute atomic E-state index is 1.25. The molecule has 0 unspecified atom stereocenters. The third-order valence-electron chi connectivity index (χ3n) is 2.80. The van der Waals surface area contributed by atoms with Crippen molar-refractivity contribution >= 4 is 16.8 Å². The highest BCUT2D eigenvalue weighted by Gasteiger charge is 1.95. The fourth-order valence-electron chi connectivity index (χ4n) is 1.98. The standard InChI is InChI=1S/C16H12/c1-2-6-13(5-1)11-14-9-10-15-7-3-4-8-16(15)12-14/h1-12H. The first kappa shape index (κ1) is 9.17. The summed E-state index contributed by atoms with van der Waals surface area (Å²) in [4.78, 5) is 0. The third kappa shape index (κ3) is 1.70. The lowest BCUT2D eigenvalue weighted by Crippen LogP contribution is -1.76. The summed E-state index contributed by atoms with van der Waals surface area (Å²) in [5, 5.41) is 2.59. The lowest BCUT2D eigenvalue weighted by atomic mass is 10.1. The van der Waals surface area contributed by atoms with Crippen molar-refractivity contribution in [1.29, 1.82) is 0 Å². The smallest absolute Gasteiger partial charge is 0.0178 e. The maximum Gasteiger partial charge on any atom is -0.0178 e. The van der Waals surface area contributed by atoms with E-state index in [0.29, 0.717) is 0 Å². The minimum atomic E-state index is 1.25. The number of rotatable bonds is 1. The van der Waals surface area contributed by atoms with Gasteiger partial charge in [-0.15, -0.1) is 0 Å². The van der Waals surface area contributed by atoms with Gasteiger partial charge >= 0.3 is 0 Å². The second-order valence-electron chi connectivity index (χ2n) is 3.97. The highest BCUT2D eigenvalue weighted by atomic mass is 14.0. The Balaban J connectivity index is 2.08. The van der Waals surface area contributed by atoms with Gasteiger partial charge in [0.05, 0.1) is 0 Å². The molecule has 0 heteroatoms. The third-order valence-corrected chi connectivity index (χ3v) is 2.80. The summed E-state index contributed by atoms with van der Waals surface area (Å²) >= 11 is 0. The van der Waals surface area contributed by atoms with Gasteiger partial charge in [0.25, 0.3) is 0 Å². The second-order valence-corrected chi connectivity index (χ2v) is 3.97. The van der Waals surface area contributed by atoms with Crippen molar-refractivity contribution in [1.82, 2.24) is 0 Å². The van der Waals surface area contributed by atoms with Gasteiger partial charge in [0.2, 0.25) is 0 Å². The Labute approximate surface area is 95.2 Å². The Morgan fingerprint density at radius 1 is 0.750 bits per heavy atom. The van der Waals surface area contributed by atoms with Crippen LogP contribution in [0, 0.1) is 0 Å². The Morgan fingerprint density at radius 2 is 1.50 bits per heavy atom. The van der Waals surface area contributed by atoms with Crippen LogP contribution in [0.2, 0.25) is 0 Å². The van der Waals surface area contributed by atoms with E-state index in [0.717, 1.165) is 0 Å². The Morgan fingerprint density at radius 3 is 2.31 bits per heavy atom. The summed E-state index contributed by atoms with van der Waals surface area (Å²) in [5.74, 6) is 0. The summed E-state index contributed by atoms with van der Waals surface area (Å²) < 4.78 is 0. The van der Waals surface area contributed by atoms with Gasteiger partial charge in [-0.05, 0) is 34.1 Å². The summed E-state index contributed by atoms with van der Waals surface area (Å²) in [6.07, 6.45) is 10.6. The van der Waals surface area contributed by atoms with Crippen molar-refractivity contribution in [2.24, 2.45) is 0 Å². The summed E-state index contributed by atoms with van der Waals surface area (Å²) in [7, 11) is 0. The highest BCUT2D eigenvalue weighted by molar-refractivity contribution is 5.85. The Hall–Kier alpha value is -2.08. The first-order valence-corrected chi connectivity index (χ1v) is 5.47. The van der Waals surface area contributed by atoms with Crippen LogP contribution >= 0.6 is 0 Å². The van der Waals surface area contributed by atoms with E-state index in [1.54, 1.807) is 0 Å². The highest BCUT2D eigenvalue weighted by Crippen LogP contribution is 2.19. The summed E-state index contributed by atoms with van der Waals surface area (Å²) in [5.41, 5.74) is 2.51. The average Bonchev–Trinajstić information content (AvgIpc) is 2.82. The second kappa shape index (κ2) is 3.82. The molecule has 1 aliphatic rings. The van der Waals surface area contributed by atoms with Crippen LogP contribution in [-0.4, -0.2) is 0 Å². The number of hydrogen-bond acceptors (Lipinski definition) is 0. The molecular weight excluding hydrogens is 192 g/mol. The molecule has 0 spiro atoms. The van der Waals surface area contributed by atoms with Crippen LogP contribution in [0.4, 0.5) is 0 Å². The molecule has 0 N–H and O–H groups in total. The van der Waals surface area contributed by atoms with Crippen LogP contribution in [0.1, 0.15) is 5.56 Å². The van der Waals surface area contributed by atoms with Crippen molar-refractivity contribution < 1.29 is 0 Å². The summed E-state index contributed by atoms with van der Waals surface area (Å²) in [6, 6.07) is 15.0. The van der Waals surface area contributed by atoms with Crippen LogP contribution in [-0.2, 0) is 0 Å². The van der Waals surface area contributed by atoms with Gasteiger partial charge in [0.1, 0.15) is 0 Å². The molecule has 16 heavy (non-hydrogen) atoms. The topological polar surface area (TPSA) is 0 Å². The fourth-order valence-corrected chi connectivity index (χ4v) is 1.98. The SMILES string of the molecule is C1=CC(=Cc2ccc3ccccc3c2)C=C1. The predicted octanol–water partition coefficient (Wildman–Crippen LogP) is 4.35. The Kier molecular flexibility index (Phi) is 2.19. The molecule has 1 aliphatic carbocycles. The molecule has 0 saturated heterocycles. The largest absolute Gasteiger partial charge is 0.0617 e. The molecule has 0 radical (unpaired) electrons. The van der Waals surface area contributed by atoms with E-state index in [-0.39, 0.29) is 0 Å². The van der Waals surface area contributed by atoms with E-state index in [4.69, 9.17) is 0 Å². The molecule has 0 heterocycles. The quantitative estimate of drug-likeness (QED) is 0.647. The zero-order valence-electron chi connectivity index (χ0n) is 8.93. The number of benzene rings is 2. The lowest BCUT2D eigenvalue weighted by molar-refractivity contribution is 1.69. The van der Waals surface area contributed by atoms with Crippen LogP contribution < -0.4 is 0 Å². The molecule has 0 aromatic heterocycles. The van der Waals surface area contributed by atoms with Crippen LogP contribution in [0.15, 0.2) is 72.3 Å². The van der Waals surface area contributed by atoms with Crippen molar-refractivity contribution in [3.8, 4) is 0 Å². The zero-order chi connectivity index (χ0) is 10.8. The Bertz CT molecular complexity index is 599.